The maximum atomic E-state index is 13.7. The summed E-state index contributed by atoms with van der Waals surface area (Å²) in [6, 6.07) is 12.0. The van der Waals surface area contributed by atoms with E-state index in [2.05, 4.69) is 5.32 Å². The number of nitrogens with one attached hydrogen (secondary N) is 1. The van der Waals surface area contributed by atoms with Crippen LogP contribution in [0.4, 0.5) is 15.8 Å². The van der Waals surface area contributed by atoms with Crippen LogP contribution in [0.2, 0.25) is 0 Å². The summed E-state index contributed by atoms with van der Waals surface area (Å²) in [6.45, 7) is 0.671. The number of hydrogen-bond donors (Lipinski definition) is 1. The molecule has 1 aliphatic rings. The van der Waals surface area contributed by atoms with Crippen LogP contribution in [0.5, 0.6) is 0 Å². The Kier molecular flexibility index (Phi) is 7.05. The van der Waals surface area contributed by atoms with E-state index in [4.69, 9.17) is 4.74 Å². The maximum absolute atomic E-state index is 13.7. The van der Waals surface area contributed by atoms with Crippen LogP contribution in [0.1, 0.15) is 24.0 Å². The lowest BCUT2D eigenvalue weighted by Gasteiger charge is -2.26. The van der Waals surface area contributed by atoms with Crippen LogP contribution in [0, 0.1) is 11.7 Å². The third-order valence-corrected chi connectivity index (χ3v) is 4.98. The van der Waals surface area contributed by atoms with Gasteiger partial charge in [0.15, 0.2) is 0 Å². The maximum Gasteiger partial charge on any atom is 0.250 e. The molecule has 7 heteroatoms. The van der Waals surface area contributed by atoms with E-state index in [0.717, 1.165) is 29.7 Å². The van der Waals surface area contributed by atoms with Crippen molar-refractivity contribution in [1.82, 2.24) is 4.90 Å². The molecule has 2 aromatic rings. The molecular weight excluding hydrogens is 385 g/mol. The van der Waals surface area contributed by atoms with Gasteiger partial charge in [0, 0.05) is 51.6 Å². The summed E-state index contributed by atoms with van der Waals surface area (Å²) in [5, 5.41) is 2.81. The van der Waals surface area contributed by atoms with Gasteiger partial charge in [-0.25, -0.2) is 4.39 Å². The van der Waals surface area contributed by atoms with Crippen molar-refractivity contribution in [3.05, 3.63) is 59.4 Å². The van der Waals surface area contributed by atoms with E-state index in [1.165, 1.54) is 19.2 Å². The molecule has 2 aromatic carbocycles. The Morgan fingerprint density at radius 3 is 2.53 bits per heavy atom. The molecule has 0 spiro atoms. The predicted octanol–water partition coefficient (Wildman–Crippen LogP) is 3.42. The zero-order valence-electron chi connectivity index (χ0n) is 17.7. The fraction of sp³-hybridized carbons (Fsp3) is 0.391. The number of carbonyl (C=O) groups is 2. The smallest absolute Gasteiger partial charge is 0.250 e. The Morgan fingerprint density at radius 1 is 1.13 bits per heavy atom. The molecule has 0 aliphatic heterocycles. The minimum Gasteiger partial charge on any atom is -0.377 e. The first-order valence-electron chi connectivity index (χ1n) is 9.99. The number of anilines is 2. The molecule has 160 valence electrons. The van der Waals surface area contributed by atoms with Gasteiger partial charge < -0.3 is 19.9 Å². The second kappa shape index (κ2) is 9.71. The molecule has 0 atom stereocenters. The van der Waals surface area contributed by atoms with Gasteiger partial charge in [0.25, 0.3) is 0 Å². The number of rotatable bonds is 9. The van der Waals surface area contributed by atoms with Crippen LogP contribution in [0.3, 0.4) is 0 Å². The molecule has 1 fully saturated rings. The van der Waals surface area contributed by atoms with Crippen molar-refractivity contribution in [2.24, 2.45) is 5.92 Å². The molecule has 0 bridgehead atoms. The zero-order valence-corrected chi connectivity index (χ0v) is 17.7. The molecule has 3 rings (SSSR count). The first-order chi connectivity index (χ1) is 14.4. The number of ether oxygens (including phenoxy) is 1. The molecule has 0 unspecified atom stereocenters. The molecule has 30 heavy (non-hydrogen) atoms. The van der Waals surface area contributed by atoms with Gasteiger partial charge in [-0.3, -0.25) is 9.59 Å². The van der Waals surface area contributed by atoms with Crippen LogP contribution >= 0.6 is 0 Å². The molecule has 6 nitrogen and oxygen atoms in total. The van der Waals surface area contributed by atoms with Gasteiger partial charge in [-0.2, -0.15) is 0 Å². The van der Waals surface area contributed by atoms with E-state index in [1.807, 2.05) is 43.3 Å². The molecule has 0 aromatic heterocycles. The highest BCUT2D eigenvalue weighted by molar-refractivity contribution is 5.92. The van der Waals surface area contributed by atoms with Crippen molar-refractivity contribution >= 4 is 23.2 Å². The first-order valence-corrected chi connectivity index (χ1v) is 9.99. The minimum atomic E-state index is -0.317. The summed E-state index contributed by atoms with van der Waals surface area (Å²) < 4.78 is 18.5. The molecule has 1 aliphatic carbocycles. The van der Waals surface area contributed by atoms with Crippen LogP contribution < -0.4 is 10.2 Å². The normalized spacial score (nSPS) is 13.1. The van der Waals surface area contributed by atoms with Gasteiger partial charge in [-0.05, 0) is 54.3 Å². The quantitative estimate of drug-likeness (QED) is 0.684. The van der Waals surface area contributed by atoms with E-state index >= 15 is 0 Å². The monoisotopic (exact) mass is 413 g/mol. The van der Waals surface area contributed by atoms with Gasteiger partial charge in [0.1, 0.15) is 12.4 Å². The van der Waals surface area contributed by atoms with Crippen molar-refractivity contribution in [3.8, 4) is 0 Å². The number of halogens is 1. The van der Waals surface area contributed by atoms with Gasteiger partial charge >= 0.3 is 0 Å². The Morgan fingerprint density at radius 2 is 1.90 bits per heavy atom. The van der Waals surface area contributed by atoms with Crippen molar-refractivity contribution in [2.45, 2.75) is 25.9 Å². The summed E-state index contributed by atoms with van der Waals surface area (Å²) in [7, 11) is 5.33. The summed E-state index contributed by atoms with van der Waals surface area (Å²) in [6.07, 6.45) is 1.79. The fourth-order valence-electron chi connectivity index (χ4n) is 3.42. The van der Waals surface area contributed by atoms with E-state index in [0.29, 0.717) is 18.8 Å². The number of methoxy groups -OCH3 is 1. The third-order valence-electron chi connectivity index (χ3n) is 4.98. The SMILES string of the molecule is COCC(=O)Nc1ccc(N(C)C)c(CN(Cc2cccc(F)c2)C(=O)C2CC2)c1. The largest absolute Gasteiger partial charge is 0.377 e. The number of benzene rings is 2. The lowest BCUT2D eigenvalue weighted by Crippen LogP contribution is -2.32. The topological polar surface area (TPSA) is 61.9 Å². The number of hydrogen-bond acceptors (Lipinski definition) is 4. The Balaban J connectivity index is 1.87. The molecule has 0 saturated heterocycles. The highest BCUT2D eigenvalue weighted by atomic mass is 19.1. The summed E-state index contributed by atoms with van der Waals surface area (Å²) >= 11 is 0. The van der Waals surface area contributed by atoms with Crippen molar-refractivity contribution in [3.63, 3.8) is 0 Å². The van der Waals surface area contributed by atoms with Gasteiger partial charge in [0.05, 0.1) is 0 Å². The van der Waals surface area contributed by atoms with Gasteiger partial charge in [-0.1, -0.05) is 12.1 Å². The molecule has 1 saturated carbocycles. The Labute approximate surface area is 176 Å². The van der Waals surface area contributed by atoms with E-state index in [-0.39, 0.29) is 30.2 Å². The number of nitrogens with zero attached hydrogens (tertiary/aromatic N) is 2. The van der Waals surface area contributed by atoms with E-state index in [9.17, 15) is 14.0 Å². The van der Waals surface area contributed by atoms with E-state index < -0.39 is 0 Å². The highest BCUT2D eigenvalue weighted by Gasteiger charge is 2.33. The van der Waals surface area contributed by atoms with E-state index in [1.54, 1.807) is 11.0 Å². The number of carbonyl (C=O) groups excluding carboxylic acids is 2. The predicted molar refractivity (Wildman–Crippen MR) is 115 cm³/mol. The lowest BCUT2D eigenvalue weighted by atomic mass is 10.1. The van der Waals surface area contributed by atoms with Crippen molar-refractivity contribution in [1.29, 1.82) is 0 Å². The van der Waals surface area contributed by atoms with Crippen LogP contribution in [0.15, 0.2) is 42.5 Å². The fourth-order valence-corrected chi connectivity index (χ4v) is 3.42. The molecule has 0 heterocycles. The van der Waals surface area contributed by atoms with Crippen LogP contribution in [-0.2, 0) is 27.4 Å². The summed E-state index contributed by atoms with van der Waals surface area (Å²) in [5.74, 6) is -0.432. The lowest BCUT2D eigenvalue weighted by molar-refractivity contribution is -0.133. The third kappa shape index (κ3) is 5.79. The molecule has 1 N–H and O–H groups in total. The first kappa shape index (κ1) is 21.8. The standard InChI is InChI=1S/C23H28FN3O3/c1-26(2)21-10-9-20(25-22(28)15-30-3)12-18(21)14-27(23(29)17-7-8-17)13-16-5-4-6-19(24)11-16/h4-6,9-12,17H,7-8,13-15H2,1-3H3,(H,25,28). The minimum absolute atomic E-state index is 0.0311. The molecular formula is C23H28FN3O3. The molecule has 2 amide bonds. The summed E-state index contributed by atoms with van der Waals surface area (Å²) in [4.78, 5) is 28.6. The Hall–Kier alpha value is -2.93. The Bertz CT molecular complexity index is 912. The van der Waals surface area contributed by atoms with Gasteiger partial charge in [-0.15, -0.1) is 0 Å². The summed E-state index contributed by atoms with van der Waals surface area (Å²) in [5.41, 5.74) is 3.25. The van der Waals surface area contributed by atoms with Crippen molar-refractivity contribution < 1.29 is 18.7 Å². The molecule has 0 radical (unpaired) electrons. The second-order valence-electron chi connectivity index (χ2n) is 7.82. The average Bonchev–Trinajstić information content (AvgIpc) is 3.52. The van der Waals surface area contributed by atoms with Crippen LogP contribution in [0.25, 0.3) is 0 Å². The van der Waals surface area contributed by atoms with Gasteiger partial charge in [0.2, 0.25) is 11.8 Å². The zero-order chi connectivity index (χ0) is 21.7. The van der Waals surface area contributed by atoms with Crippen LogP contribution in [-0.4, -0.2) is 44.5 Å². The van der Waals surface area contributed by atoms with Crippen molar-refractivity contribution in [2.75, 3.05) is 38.0 Å². The second-order valence-corrected chi connectivity index (χ2v) is 7.82. The number of amides is 2. The highest BCUT2D eigenvalue weighted by Crippen LogP contribution is 2.33. The average molecular weight is 413 g/mol.